The Morgan fingerprint density at radius 1 is 1.25 bits per heavy atom. The molecule has 106 valence electrons. The molecule has 0 radical (unpaired) electrons. The molecule has 1 aromatic rings. The smallest absolute Gasteiger partial charge is 0.279 e. The van der Waals surface area contributed by atoms with Crippen LogP contribution in [0.3, 0.4) is 0 Å². The normalized spacial score (nSPS) is 35.0. The third-order valence-corrected chi connectivity index (χ3v) is 4.34. The van der Waals surface area contributed by atoms with Crippen LogP contribution in [0.1, 0.15) is 31.4 Å². The number of carbonyl (C=O) groups excluding carboxylic acids is 2. The summed E-state index contributed by atoms with van der Waals surface area (Å²) in [6, 6.07) is 6.59. The minimum atomic E-state index is -1.73. The van der Waals surface area contributed by atoms with E-state index in [0.717, 1.165) is 24.6 Å². The molecule has 0 bridgehead atoms. The fourth-order valence-corrected chi connectivity index (χ4v) is 3.58. The minimum absolute atomic E-state index is 0.179. The van der Waals surface area contributed by atoms with Crippen LogP contribution in [0.4, 0.5) is 9.28 Å². The molecule has 2 unspecified atom stereocenters. The second-order valence-electron chi connectivity index (χ2n) is 6.71. The van der Waals surface area contributed by atoms with E-state index in [1.807, 2.05) is 38.1 Å². The lowest BCUT2D eigenvalue weighted by atomic mass is 9.65. The number of imide groups is 1. The van der Waals surface area contributed by atoms with Crippen molar-refractivity contribution in [3.8, 4) is 0 Å². The first-order chi connectivity index (χ1) is 9.19. The Bertz CT molecular complexity index is 624. The van der Waals surface area contributed by atoms with Crippen LogP contribution >= 0.6 is 0 Å². The summed E-state index contributed by atoms with van der Waals surface area (Å²) in [5, 5.41) is 2.63. The molecule has 1 aliphatic carbocycles. The highest BCUT2D eigenvalue weighted by Gasteiger charge is 2.68. The predicted molar refractivity (Wildman–Crippen MR) is 71.1 cm³/mol. The number of fused-ring (bicyclic) bond motifs is 2. The quantitative estimate of drug-likeness (QED) is 0.585. The van der Waals surface area contributed by atoms with Gasteiger partial charge in [0.1, 0.15) is 7.05 Å². The summed E-state index contributed by atoms with van der Waals surface area (Å²) in [5.41, 5.74) is 0.317. The minimum Gasteiger partial charge on any atom is -0.279 e. The topological polar surface area (TPSA) is 46.2 Å². The average molecular weight is 277 g/mol. The van der Waals surface area contributed by atoms with Gasteiger partial charge in [0.2, 0.25) is 0 Å². The molecule has 1 saturated heterocycles. The lowest BCUT2D eigenvalue weighted by molar-refractivity contribution is -0.897. The molecule has 20 heavy (non-hydrogen) atoms. The van der Waals surface area contributed by atoms with E-state index in [1.54, 1.807) is 0 Å². The molecule has 1 aliphatic heterocycles. The Balaban J connectivity index is 2.24. The molecule has 1 fully saturated rings. The van der Waals surface area contributed by atoms with Crippen LogP contribution in [-0.2, 0) is 16.8 Å². The molecule has 5 heteroatoms. The number of benzene rings is 1. The molecule has 2 aliphatic rings. The highest BCUT2D eigenvalue weighted by atomic mass is 19.2. The SMILES string of the molecule is CC1(C)Cc2ccccc2C2(C1)NC(=O)[N+](C)(F)C2=O. The van der Waals surface area contributed by atoms with Crippen molar-refractivity contribution < 1.29 is 18.8 Å². The van der Waals surface area contributed by atoms with Crippen molar-refractivity contribution >= 4 is 11.9 Å². The van der Waals surface area contributed by atoms with Gasteiger partial charge < -0.3 is 0 Å². The fraction of sp³-hybridized carbons (Fsp3) is 0.467. The van der Waals surface area contributed by atoms with Gasteiger partial charge in [-0.3, -0.25) is 5.32 Å². The number of halogens is 1. The Morgan fingerprint density at radius 2 is 1.90 bits per heavy atom. The zero-order chi connectivity index (χ0) is 14.8. The van der Waals surface area contributed by atoms with Crippen molar-refractivity contribution in [1.29, 1.82) is 0 Å². The van der Waals surface area contributed by atoms with Crippen molar-refractivity contribution in [2.75, 3.05) is 7.05 Å². The van der Waals surface area contributed by atoms with Gasteiger partial charge in [0, 0.05) is 9.19 Å². The fourth-order valence-electron chi connectivity index (χ4n) is 3.58. The van der Waals surface area contributed by atoms with E-state index in [9.17, 15) is 14.1 Å². The standard InChI is InChI=1S/C15H17FN2O2/c1-14(2)8-10-6-4-5-7-11(10)15(9-14)12(19)18(3,16)13(20)17-15/h4-7H,8-9H2,1-3H3/p+1. The maximum atomic E-state index is 14.3. The molecule has 3 rings (SSSR count). The molecule has 2 atom stereocenters. The molecule has 3 amide bonds. The van der Waals surface area contributed by atoms with Gasteiger partial charge in [-0.05, 0) is 29.4 Å². The van der Waals surface area contributed by atoms with Gasteiger partial charge in [-0.1, -0.05) is 38.1 Å². The van der Waals surface area contributed by atoms with Crippen molar-refractivity contribution in [2.24, 2.45) is 5.41 Å². The molecule has 0 saturated carbocycles. The van der Waals surface area contributed by atoms with E-state index in [2.05, 4.69) is 5.32 Å². The van der Waals surface area contributed by atoms with E-state index >= 15 is 0 Å². The highest BCUT2D eigenvalue weighted by Crippen LogP contribution is 2.48. The summed E-state index contributed by atoms with van der Waals surface area (Å²) >= 11 is 0. The number of nitrogens with one attached hydrogen (secondary N) is 1. The molecule has 0 aromatic heterocycles. The maximum Gasteiger partial charge on any atom is 0.463 e. The van der Waals surface area contributed by atoms with E-state index in [4.69, 9.17) is 0 Å². The van der Waals surface area contributed by atoms with E-state index < -0.39 is 22.2 Å². The molecular formula is C15H18FN2O2+. The highest BCUT2D eigenvalue weighted by molar-refractivity contribution is 5.98. The second-order valence-corrected chi connectivity index (χ2v) is 6.71. The van der Waals surface area contributed by atoms with Crippen LogP contribution in [0.2, 0.25) is 0 Å². The van der Waals surface area contributed by atoms with Gasteiger partial charge >= 0.3 is 11.9 Å². The number of amides is 3. The van der Waals surface area contributed by atoms with Crippen LogP contribution in [0, 0.1) is 5.41 Å². The van der Waals surface area contributed by atoms with Gasteiger partial charge in [0.15, 0.2) is 5.54 Å². The number of hydrogen-bond donors (Lipinski definition) is 1. The van der Waals surface area contributed by atoms with Gasteiger partial charge in [-0.15, -0.1) is 0 Å². The molecule has 1 aromatic carbocycles. The van der Waals surface area contributed by atoms with E-state index in [-0.39, 0.29) is 5.41 Å². The van der Waals surface area contributed by atoms with Gasteiger partial charge in [0.05, 0.1) is 0 Å². The largest absolute Gasteiger partial charge is 0.463 e. The molecular weight excluding hydrogens is 259 g/mol. The van der Waals surface area contributed by atoms with E-state index in [1.165, 1.54) is 0 Å². The van der Waals surface area contributed by atoms with Crippen molar-refractivity contribution in [3.05, 3.63) is 35.4 Å². The molecule has 1 N–H and O–H groups in total. The number of urea groups is 1. The van der Waals surface area contributed by atoms with E-state index in [0.29, 0.717) is 6.42 Å². The lowest BCUT2D eigenvalue weighted by Crippen LogP contribution is -2.52. The Hall–Kier alpha value is -1.75. The lowest BCUT2D eigenvalue weighted by Gasteiger charge is -2.40. The zero-order valence-corrected chi connectivity index (χ0v) is 11.9. The van der Waals surface area contributed by atoms with Crippen LogP contribution in [0.5, 0.6) is 0 Å². The molecule has 1 spiro atoms. The van der Waals surface area contributed by atoms with Crippen molar-refractivity contribution in [1.82, 2.24) is 5.32 Å². The Labute approximate surface area is 117 Å². The van der Waals surface area contributed by atoms with Gasteiger partial charge in [0.25, 0.3) is 0 Å². The van der Waals surface area contributed by atoms with Gasteiger partial charge in [-0.2, -0.15) is 0 Å². The predicted octanol–water partition coefficient (Wildman–Crippen LogP) is 2.44. The third-order valence-electron chi connectivity index (χ3n) is 4.34. The van der Waals surface area contributed by atoms with Crippen molar-refractivity contribution in [3.63, 3.8) is 0 Å². The van der Waals surface area contributed by atoms with Crippen molar-refractivity contribution in [2.45, 2.75) is 32.2 Å². The number of nitrogens with zero attached hydrogens (tertiary/aromatic N) is 1. The summed E-state index contributed by atoms with van der Waals surface area (Å²) in [6.45, 7) is 4.07. The van der Waals surface area contributed by atoms with Crippen LogP contribution in [0.15, 0.2) is 24.3 Å². The molecule has 4 nitrogen and oxygen atoms in total. The monoisotopic (exact) mass is 277 g/mol. The summed E-state index contributed by atoms with van der Waals surface area (Å²) in [5.74, 6) is -0.720. The van der Waals surface area contributed by atoms with Crippen LogP contribution in [0.25, 0.3) is 0 Å². The first-order valence-corrected chi connectivity index (χ1v) is 6.71. The summed E-state index contributed by atoms with van der Waals surface area (Å²) < 4.78 is 12.6. The summed E-state index contributed by atoms with van der Waals surface area (Å²) in [7, 11) is 0.997. The van der Waals surface area contributed by atoms with Crippen LogP contribution in [-0.4, -0.2) is 23.7 Å². The molecule has 1 heterocycles. The number of hydrogen-bond acceptors (Lipinski definition) is 2. The summed E-state index contributed by atoms with van der Waals surface area (Å²) in [4.78, 5) is 24.4. The van der Waals surface area contributed by atoms with Crippen LogP contribution < -0.4 is 5.32 Å². The number of carbonyl (C=O) groups is 2. The Kier molecular flexibility index (Phi) is 2.43. The Morgan fingerprint density at radius 3 is 2.50 bits per heavy atom. The third kappa shape index (κ3) is 1.56. The first kappa shape index (κ1) is 13.2. The zero-order valence-electron chi connectivity index (χ0n) is 11.9. The number of rotatable bonds is 0. The number of quaternary nitrogens is 1. The maximum absolute atomic E-state index is 14.3. The summed E-state index contributed by atoms with van der Waals surface area (Å²) in [6.07, 6.45) is 1.23. The number of likely N-dealkylation sites (N-methyl/N-ethyl adjacent to an activating group) is 1. The van der Waals surface area contributed by atoms with Gasteiger partial charge in [-0.25, -0.2) is 9.59 Å². The second kappa shape index (κ2) is 3.67. The first-order valence-electron chi connectivity index (χ1n) is 6.71. The average Bonchev–Trinajstić information content (AvgIpc) is 2.50.